The molecule has 0 bridgehead atoms. The number of nitrogens with zero attached hydrogens (tertiary/aromatic N) is 2. The maximum absolute atomic E-state index is 11.8. The van der Waals surface area contributed by atoms with Gasteiger partial charge in [-0.2, -0.15) is 0 Å². The maximum atomic E-state index is 11.8. The van der Waals surface area contributed by atoms with Crippen LogP contribution in [0, 0.1) is 10.1 Å². The van der Waals surface area contributed by atoms with E-state index in [1.807, 2.05) is 0 Å². The Kier molecular flexibility index (Phi) is 3.26. The van der Waals surface area contributed by atoms with Gasteiger partial charge >= 0.3 is 23.5 Å². The second kappa shape index (κ2) is 5.14. The minimum absolute atomic E-state index is 0.259. The molecule has 4 N–H and O–H groups in total. The van der Waals surface area contributed by atoms with Gasteiger partial charge in [-0.3, -0.25) is 30.3 Å². The van der Waals surface area contributed by atoms with E-state index in [9.17, 15) is 24.5 Å². The number of carbonyl (C=O) groups excluding carboxylic acids is 3. The van der Waals surface area contributed by atoms with Gasteiger partial charge in [-0.05, 0) is 12.1 Å². The summed E-state index contributed by atoms with van der Waals surface area (Å²) in [6, 6.07) is 5.93. The zero-order valence-corrected chi connectivity index (χ0v) is 11.5. The molecule has 0 radical (unpaired) electrons. The number of amides is 4. The molecule has 23 heavy (non-hydrogen) atoms. The molecule has 1 fully saturated rings. The van der Waals surface area contributed by atoms with Crippen LogP contribution in [0.15, 0.2) is 24.3 Å². The van der Waals surface area contributed by atoms with Gasteiger partial charge in [-0.15, -0.1) is 0 Å². The van der Waals surface area contributed by atoms with Gasteiger partial charge in [0.2, 0.25) is 0 Å². The number of hydrogen-bond donors (Lipinski definition) is 4. The molecule has 1 aliphatic heterocycles. The van der Waals surface area contributed by atoms with Crippen LogP contribution in [0.25, 0.3) is 11.0 Å². The molecular weight excluding hydrogens is 308 g/mol. The number of fused-ring (bicyclic) bond motifs is 1. The standard InChI is InChI=1S/C12H10N6O5/c19-9-12(18(22)23,10(20)17-11(21)16-9)13-5-8-14-6-3-1-2-4-7(6)15-8/h1-4,13H,5H2,(H,14,15)(H2,16,17,19,20,21). The fraction of sp³-hybridized carbons (Fsp3) is 0.167. The predicted molar refractivity (Wildman–Crippen MR) is 74.3 cm³/mol. The summed E-state index contributed by atoms with van der Waals surface area (Å²) >= 11 is 0. The number of rotatable bonds is 4. The molecule has 11 heteroatoms. The van der Waals surface area contributed by atoms with Crippen molar-refractivity contribution in [3.63, 3.8) is 0 Å². The zero-order chi connectivity index (χ0) is 16.6. The van der Waals surface area contributed by atoms with Crippen molar-refractivity contribution in [2.24, 2.45) is 0 Å². The van der Waals surface area contributed by atoms with Gasteiger partial charge in [0.15, 0.2) is 0 Å². The first-order valence-corrected chi connectivity index (χ1v) is 6.43. The highest BCUT2D eigenvalue weighted by Gasteiger charge is 2.62. The molecule has 1 aliphatic rings. The number of H-pyrrole nitrogens is 1. The molecule has 0 spiro atoms. The Hall–Kier alpha value is -3.34. The van der Waals surface area contributed by atoms with Crippen LogP contribution in [0.5, 0.6) is 0 Å². The van der Waals surface area contributed by atoms with Crippen molar-refractivity contribution < 1.29 is 19.3 Å². The van der Waals surface area contributed by atoms with Crippen molar-refractivity contribution in [2.45, 2.75) is 12.2 Å². The van der Waals surface area contributed by atoms with Crippen LogP contribution in [0.3, 0.4) is 0 Å². The monoisotopic (exact) mass is 318 g/mol. The molecule has 1 aromatic heterocycles. The Bertz CT molecular complexity index is 790. The van der Waals surface area contributed by atoms with E-state index in [0.717, 1.165) is 0 Å². The van der Waals surface area contributed by atoms with Crippen LogP contribution in [0.4, 0.5) is 4.79 Å². The number of imide groups is 2. The minimum Gasteiger partial charge on any atom is -0.341 e. The molecule has 0 atom stereocenters. The summed E-state index contributed by atoms with van der Waals surface area (Å²) in [5.74, 6) is -2.41. The number of nitro groups is 1. The highest BCUT2D eigenvalue weighted by molar-refractivity contribution is 6.21. The number of nitrogens with one attached hydrogen (secondary N) is 4. The summed E-state index contributed by atoms with van der Waals surface area (Å²) in [6.07, 6.45) is 0. The molecule has 0 saturated carbocycles. The van der Waals surface area contributed by atoms with E-state index in [4.69, 9.17) is 0 Å². The number of hydrogen-bond acceptors (Lipinski definition) is 7. The average molecular weight is 318 g/mol. The molecule has 11 nitrogen and oxygen atoms in total. The number of urea groups is 1. The highest BCUT2D eigenvalue weighted by Crippen LogP contribution is 2.14. The molecule has 1 aromatic carbocycles. The molecule has 4 amide bonds. The largest absolute Gasteiger partial charge is 0.431 e. The van der Waals surface area contributed by atoms with Crippen LogP contribution in [0.1, 0.15) is 5.82 Å². The van der Waals surface area contributed by atoms with Crippen LogP contribution in [-0.2, 0) is 16.1 Å². The Labute approximate surface area is 127 Å². The Morgan fingerprint density at radius 2 is 1.83 bits per heavy atom. The normalized spacial score (nSPS) is 17.0. The van der Waals surface area contributed by atoms with Gasteiger partial charge in [0, 0.05) is 0 Å². The second-order valence-electron chi connectivity index (χ2n) is 4.76. The van der Waals surface area contributed by atoms with Gasteiger partial charge in [0.05, 0.1) is 22.5 Å². The first-order valence-electron chi connectivity index (χ1n) is 6.43. The average Bonchev–Trinajstić information content (AvgIpc) is 2.89. The topological polar surface area (TPSA) is 159 Å². The lowest BCUT2D eigenvalue weighted by atomic mass is 10.1. The summed E-state index contributed by atoms with van der Waals surface area (Å²) in [5.41, 5.74) is -1.47. The lowest BCUT2D eigenvalue weighted by molar-refractivity contribution is -0.544. The first-order chi connectivity index (χ1) is 10.9. The van der Waals surface area contributed by atoms with Crippen molar-refractivity contribution in [1.29, 1.82) is 0 Å². The van der Waals surface area contributed by atoms with Crippen molar-refractivity contribution in [3.8, 4) is 0 Å². The second-order valence-corrected chi connectivity index (χ2v) is 4.76. The highest BCUT2D eigenvalue weighted by atomic mass is 16.6. The maximum Gasteiger partial charge on any atom is 0.431 e. The third-order valence-electron chi connectivity index (χ3n) is 3.34. The van der Waals surface area contributed by atoms with Crippen molar-refractivity contribution in [3.05, 3.63) is 40.2 Å². The van der Waals surface area contributed by atoms with Gasteiger partial charge in [-0.1, -0.05) is 12.1 Å². The van der Waals surface area contributed by atoms with E-state index in [0.29, 0.717) is 16.9 Å². The molecule has 1 saturated heterocycles. The van der Waals surface area contributed by atoms with E-state index in [2.05, 4.69) is 15.3 Å². The molecule has 2 aromatic rings. The van der Waals surface area contributed by atoms with Crippen molar-refractivity contribution in [2.75, 3.05) is 0 Å². The van der Waals surface area contributed by atoms with E-state index in [1.165, 1.54) is 0 Å². The third kappa shape index (κ3) is 2.28. The fourth-order valence-corrected chi connectivity index (χ4v) is 2.21. The number of benzene rings is 1. The lowest BCUT2D eigenvalue weighted by Crippen LogP contribution is -2.75. The SMILES string of the molecule is O=C1NC(=O)C(NCc2nc3ccccc3[nH]2)([N+](=O)[O-])C(=O)N1. The molecular formula is C12H10N6O5. The smallest absolute Gasteiger partial charge is 0.341 e. The number of imidazole rings is 1. The van der Waals surface area contributed by atoms with Crippen LogP contribution in [0.2, 0.25) is 0 Å². The number of aromatic nitrogens is 2. The summed E-state index contributed by atoms with van der Waals surface area (Å²) in [6.45, 7) is -0.259. The molecule has 0 unspecified atom stereocenters. The summed E-state index contributed by atoms with van der Waals surface area (Å²) in [5, 5.41) is 16.9. The van der Waals surface area contributed by atoms with Crippen molar-refractivity contribution >= 4 is 28.9 Å². The predicted octanol–water partition coefficient (Wildman–Crippen LogP) is -1.01. The lowest BCUT2D eigenvalue weighted by Gasteiger charge is -2.26. The van der Waals surface area contributed by atoms with E-state index in [-0.39, 0.29) is 6.54 Å². The van der Waals surface area contributed by atoms with E-state index >= 15 is 0 Å². The first kappa shape index (κ1) is 14.6. The molecule has 118 valence electrons. The number of aromatic amines is 1. The fourth-order valence-electron chi connectivity index (χ4n) is 2.21. The van der Waals surface area contributed by atoms with E-state index < -0.39 is 28.4 Å². The van der Waals surface area contributed by atoms with Crippen LogP contribution < -0.4 is 16.0 Å². The molecule has 3 rings (SSSR count). The Morgan fingerprint density at radius 1 is 1.17 bits per heavy atom. The van der Waals surface area contributed by atoms with Crippen molar-refractivity contribution in [1.82, 2.24) is 25.9 Å². The molecule has 0 aliphatic carbocycles. The summed E-state index contributed by atoms with van der Waals surface area (Å²) < 4.78 is 0. The summed E-state index contributed by atoms with van der Waals surface area (Å²) in [4.78, 5) is 52.0. The summed E-state index contributed by atoms with van der Waals surface area (Å²) in [7, 11) is 0. The van der Waals surface area contributed by atoms with Gasteiger partial charge in [0.25, 0.3) is 0 Å². The number of carbonyl (C=O) groups is 3. The Morgan fingerprint density at radius 3 is 2.43 bits per heavy atom. The number of para-hydroxylation sites is 2. The third-order valence-corrected chi connectivity index (χ3v) is 3.34. The zero-order valence-electron chi connectivity index (χ0n) is 11.5. The minimum atomic E-state index is -2.80. The van der Waals surface area contributed by atoms with Gasteiger partial charge in [-0.25, -0.2) is 15.1 Å². The quantitative estimate of drug-likeness (QED) is 0.243. The van der Waals surface area contributed by atoms with E-state index in [1.54, 1.807) is 34.9 Å². The van der Waals surface area contributed by atoms with Crippen LogP contribution in [-0.4, -0.2) is 38.4 Å². The number of barbiturate groups is 1. The van der Waals surface area contributed by atoms with Crippen LogP contribution >= 0.6 is 0 Å². The molecule has 2 heterocycles. The van der Waals surface area contributed by atoms with Gasteiger partial charge in [0.1, 0.15) is 5.82 Å². The van der Waals surface area contributed by atoms with Gasteiger partial charge < -0.3 is 4.98 Å². The Balaban J connectivity index is 1.88.